The number of aromatic nitrogens is 4. The fourth-order valence-electron chi connectivity index (χ4n) is 1.84. The first-order valence-corrected chi connectivity index (χ1v) is 6.45. The van der Waals surface area contributed by atoms with E-state index in [1.807, 2.05) is 24.3 Å². The Morgan fingerprint density at radius 3 is 2.90 bits per heavy atom. The lowest BCUT2D eigenvalue weighted by Crippen LogP contribution is -2.24. The van der Waals surface area contributed by atoms with E-state index in [-0.39, 0.29) is 0 Å². The molecule has 2 aromatic heterocycles. The van der Waals surface area contributed by atoms with Crippen LogP contribution in [0.15, 0.2) is 47.8 Å². The second kappa shape index (κ2) is 5.48. The molecule has 0 spiro atoms. The van der Waals surface area contributed by atoms with Gasteiger partial charge in [0.25, 0.3) is 0 Å². The first-order valence-electron chi connectivity index (χ1n) is 6.45. The lowest BCUT2D eigenvalue weighted by atomic mass is 10.1. The van der Waals surface area contributed by atoms with Gasteiger partial charge >= 0.3 is 5.65 Å². The highest BCUT2D eigenvalue weighted by Gasteiger charge is 2.04. The van der Waals surface area contributed by atoms with Gasteiger partial charge in [-0.2, -0.15) is 5.10 Å². The zero-order valence-electron chi connectivity index (χ0n) is 11.1. The monoisotopic (exact) mass is 267 g/mol. The van der Waals surface area contributed by atoms with Crippen molar-refractivity contribution < 1.29 is 4.52 Å². The van der Waals surface area contributed by atoms with Crippen molar-refractivity contribution >= 4 is 17.7 Å². The number of aryl methyl sites for hydroxylation is 1. The fraction of sp³-hybridized carbons (Fsp3) is 0.143. The van der Waals surface area contributed by atoms with Crippen molar-refractivity contribution in [2.24, 2.45) is 5.10 Å². The molecule has 20 heavy (non-hydrogen) atoms. The molecule has 6 heteroatoms. The third-order valence-electron chi connectivity index (χ3n) is 2.98. The summed E-state index contributed by atoms with van der Waals surface area (Å²) in [7, 11) is 0. The first kappa shape index (κ1) is 12.3. The van der Waals surface area contributed by atoms with Gasteiger partial charge in [-0.1, -0.05) is 36.3 Å². The maximum absolute atomic E-state index is 4.29. The van der Waals surface area contributed by atoms with Crippen LogP contribution in [0.25, 0.3) is 5.65 Å². The molecule has 3 aromatic rings. The van der Waals surface area contributed by atoms with Crippen molar-refractivity contribution in [3.8, 4) is 0 Å². The van der Waals surface area contributed by atoms with Crippen LogP contribution in [-0.4, -0.2) is 21.5 Å². The molecule has 3 rings (SSSR count). The zero-order chi connectivity index (χ0) is 13.8. The number of nitrogens with one attached hydrogen (secondary N) is 2. The quantitative estimate of drug-likeness (QED) is 0.428. The predicted octanol–water partition coefficient (Wildman–Crippen LogP) is 1.55. The molecule has 0 aliphatic rings. The molecular formula is C14H15N6+. The van der Waals surface area contributed by atoms with E-state index in [9.17, 15) is 0 Å². The van der Waals surface area contributed by atoms with Crippen molar-refractivity contribution in [3.05, 3.63) is 53.9 Å². The molecule has 0 saturated heterocycles. The Morgan fingerprint density at radius 1 is 1.25 bits per heavy atom. The minimum atomic E-state index is 0.658. The van der Waals surface area contributed by atoms with Gasteiger partial charge < -0.3 is 0 Å². The van der Waals surface area contributed by atoms with Crippen LogP contribution in [0.4, 0.5) is 5.82 Å². The van der Waals surface area contributed by atoms with E-state index >= 15 is 0 Å². The molecule has 100 valence electrons. The second-order valence-corrected chi connectivity index (χ2v) is 4.36. The lowest BCUT2D eigenvalue weighted by molar-refractivity contribution is -0.579. The minimum absolute atomic E-state index is 0.658. The number of hydrogen-bond acceptors (Lipinski definition) is 4. The summed E-state index contributed by atoms with van der Waals surface area (Å²) in [6, 6.07) is 12.0. The van der Waals surface area contributed by atoms with Crippen LogP contribution in [0.2, 0.25) is 0 Å². The van der Waals surface area contributed by atoms with Crippen LogP contribution in [0.5, 0.6) is 0 Å². The topological polar surface area (TPSA) is 70.1 Å². The minimum Gasteiger partial charge on any atom is -0.259 e. The third-order valence-corrected chi connectivity index (χ3v) is 2.98. The van der Waals surface area contributed by atoms with E-state index in [1.54, 1.807) is 17.1 Å². The van der Waals surface area contributed by atoms with Crippen LogP contribution < -0.4 is 9.94 Å². The van der Waals surface area contributed by atoms with E-state index in [0.29, 0.717) is 5.82 Å². The summed E-state index contributed by atoms with van der Waals surface area (Å²) in [5, 5.41) is 15.2. The van der Waals surface area contributed by atoms with Gasteiger partial charge in [-0.25, -0.2) is 0 Å². The Balaban J connectivity index is 1.69. The van der Waals surface area contributed by atoms with Crippen molar-refractivity contribution in [2.75, 3.05) is 5.43 Å². The summed E-state index contributed by atoms with van der Waals surface area (Å²) in [6.07, 6.45) is 4.49. The van der Waals surface area contributed by atoms with Crippen LogP contribution >= 0.6 is 0 Å². The standard InChI is InChI=1S/C14H14N6/c1-2-11-3-5-12(6-4-11)9-15-17-13-7-8-14-18-16-10-20(14)19-13/h3-10H,2H2,1H3,(H,17,19)/p+1/b15-9+. The average molecular weight is 267 g/mol. The summed E-state index contributed by atoms with van der Waals surface area (Å²) in [5.41, 5.74) is 6.02. The maximum atomic E-state index is 4.29. The second-order valence-electron chi connectivity index (χ2n) is 4.36. The van der Waals surface area contributed by atoms with Crippen LogP contribution in [-0.2, 0) is 6.42 Å². The molecule has 0 radical (unpaired) electrons. The number of H-pyrrole nitrogens is 1. The predicted molar refractivity (Wildman–Crippen MR) is 76.6 cm³/mol. The van der Waals surface area contributed by atoms with E-state index in [4.69, 9.17) is 0 Å². The van der Waals surface area contributed by atoms with Crippen molar-refractivity contribution in [1.82, 2.24) is 15.3 Å². The highest BCUT2D eigenvalue weighted by Crippen LogP contribution is 2.04. The fourth-order valence-corrected chi connectivity index (χ4v) is 1.84. The Hall–Kier alpha value is -2.76. The number of benzene rings is 1. The third kappa shape index (κ3) is 2.64. The number of anilines is 1. The van der Waals surface area contributed by atoms with Gasteiger partial charge in [-0.15, -0.1) is 9.61 Å². The molecular weight excluding hydrogens is 252 g/mol. The van der Waals surface area contributed by atoms with E-state index < -0.39 is 0 Å². The van der Waals surface area contributed by atoms with Gasteiger partial charge in [0.1, 0.15) is 0 Å². The number of aromatic amines is 1. The van der Waals surface area contributed by atoms with Gasteiger partial charge in [0.15, 0.2) is 5.82 Å². The summed E-state index contributed by atoms with van der Waals surface area (Å²) < 4.78 is 1.65. The summed E-state index contributed by atoms with van der Waals surface area (Å²) >= 11 is 0. The van der Waals surface area contributed by atoms with Crippen molar-refractivity contribution in [2.45, 2.75) is 13.3 Å². The molecule has 2 N–H and O–H groups in total. The SMILES string of the molecule is CCc1ccc(/C=N/Nc2ccc3n[nH]c[n+]3n2)cc1. The molecule has 0 bridgehead atoms. The Morgan fingerprint density at radius 2 is 2.10 bits per heavy atom. The molecule has 0 unspecified atom stereocenters. The normalized spacial score (nSPS) is 11.2. The highest BCUT2D eigenvalue weighted by molar-refractivity contribution is 5.80. The molecule has 0 amide bonds. The zero-order valence-corrected chi connectivity index (χ0v) is 11.1. The van der Waals surface area contributed by atoms with Gasteiger partial charge in [-0.05, 0) is 23.6 Å². The number of nitrogens with zero attached hydrogens (tertiary/aromatic N) is 4. The Bertz CT molecular complexity index is 729. The van der Waals surface area contributed by atoms with Crippen molar-refractivity contribution in [1.29, 1.82) is 0 Å². The van der Waals surface area contributed by atoms with E-state index in [0.717, 1.165) is 17.6 Å². The van der Waals surface area contributed by atoms with Gasteiger partial charge in [0.05, 0.1) is 6.21 Å². The molecule has 6 nitrogen and oxygen atoms in total. The number of rotatable bonds is 4. The van der Waals surface area contributed by atoms with Gasteiger partial charge in [0, 0.05) is 11.2 Å². The Labute approximate surface area is 116 Å². The molecule has 0 saturated carbocycles. The smallest absolute Gasteiger partial charge is 0.259 e. The van der Waals surface area contributed by atoms with E-state index in [2.05, 4.69) is 44.9 Å². The van der Waals surface area contributed by atoms with Gasteiger partial charge in [0.2, 0.25) is 6.33 Å². The first-order chi connectivity index (χ1) is 9.85. The molecule has 0 fully saturated rings. The summed E-state index contributed by atoms with van der Waals surface area (Å²) in [6.45, 7) is 2.14. The molecule has 1 aromatic carbocycles. The van der Waals surface area contributed by atoms with Crippen LogP contribution in [0.3, 0.4) is 0 Å². The summed E-state index contributed by atoms with van der Waals surface area (Å²) in [4.78, 5) is 0. The lowest BCUT2D eigenvalue weighted by Gasteiger charge is -1.98. The molecule has 0 aliphatic heterocycles. The molecule has 0 atom stereocenters. The largest absolute Gasteiger partial charge is 0.325 e. The number of hydrazone groups is 1. The number of fused-ring (bicyclic) bond motifs is 1. The van der Waals surface area contributed by atoms with Gasteiger partial charge in [-0.3, -0.25) is 5.43 Å². The average Bonchev–Trinajstić information content (AvgIpc) is 2.95. The van der Waals surface area contributed by atoms with Crippen molar-refractivity contribution in [3.63, 3.8) is 0 Å². The number of hydrogen-bond donors (Lipinski definition) is 2. The highest BCUT2D eigenvalue weighted by atomic mass is 15.4. The maximum Gasteiger partial charge on any atom is 0.325 e. The summed E-state index contributed by atoms with van der Waals surface area (Å²) in [5.74, 6) is 0.658. The van der Waals surface area contributed by atoms with Crippen LogP contribution in [0.1, 0.15) is 18.1 Å². The Kier molecular flexibility index (Phi) is 3.36. The molecule has 0 aliphatic carbocycles. The van der Waals surface area contributed by atoms with E-state index in [1.165, 1.54) is 5.56 Å². The van der Waals surface area contributed by atoms with Crippen LogP contribution in [0, 0.1) is 0 Å². The molecule has 2 heterocycles.